The number of nitrogens with zero attached hydrogens (tertiary/aromatic N) is 1. The number of Topliss-reactive ketones (excluding diaryl/α,β-unsaturated/α-hetero) is 1. The minimum absolute atomic E-state index is 0.0117. The lowest BCUT2D eigenvalue weighted by atomic mass is 9.99. The molecule has 0 radical (unpaired) electrons. The summed E-state index contributed by atoms with van der Waals surface area (Å²) >= 11 is 0. The van der Waals surface area contributed by atoms with Crippen LogP contribution >= 0.6 is 0 Å². The SMILES string of the molecule is CC(=O)NC(=O)[C@@H]1CN(c2cc(F)c3c(c2F)CCCCC3=O)CO1. The number of rotatable bonds is 2. The van der Waals surface area contributed by atoms with Crippen LogP contribution in [-0.2, 0) is 20.7 Å². The number of halogens is 2. The van der Waals surface area contributed by atoms with Crippen LogP contribution in [0.3, 0.4) is 0 Å². The van der Waals surface area contributed by atoms with Crippen molar-refractivity contribution in [2.75, 3.05) is 18.2 Å². The number of ether oxygens (including phenoxy) is 1. The molecule has 1 atom stereocenters. The monoisotopic (exact) mass is 352 g/mol. The third-order valence-corrected chi connectivity index (χ3v) is 4.40. The van der Waals surface area contributed by atoms with Crippen LogP contribution in [0.4, 0.5) is 14.5 Å². The van der Waals surface area contributed by atoms with E-state index in [1.54, 1.807) is 0 Å². The van der Waals surface area contributed by atoms with Crippen molar-refractivity contribution >= 4 is 23.3 Å². The Balaban J connectivity index is 1.88. The molecule has 1 saturated heterocycles. The molecule has 6 nitrogen and oxygen atoms in total. The summed E-state index contributed by atoms with van der Waals surface area (Å²) in [6.07, 6.45) is 0.760. The van der Waals surface area contributed by atoms with Crippen molar-refractivity contribution in [3.05, 3.63) is 28.8 Å². The molecule has 25 heavy (non-hydrogen) atoms. The van der Waals surface area contributed by atoms with Gasteiger partial charge in [0, 0.05) is 25.0 Å². The molecule has 3 rings (SSSR count). The first-order valence-electron chi connectivity index (χ1n) is 8.10. The predicted octanol–water partition coefficient (Wildman–Crippen LogP) is 1.70. The van der Waals surface area contributed by atoms with E-state index in [9.17, 15) is 23.2 Å². The Morgan fingerprint density at radius 3 is 2.72 bits per heavy atom. The van der Waals surface area contributed by atoms with Gasteiger partial charge >= 0.3 is 0 Å². The molecule has 2 amide bonds. The number of carbonyl (C=O) groups is 3. The zero-order valence-corrected chi connectivity index (χ0v) is 13.7. The van der Waals surface area contributed by atoms with Gasteiger partial charge in [-0.3, -0.25) is 19.7 Å². The van der Waals surface area contributed by atoms with Crippen molar-refractivity contribution in [2.45, 2.75) is 38.7 Å². The van der Waals surface area contributed by atoms with Crippen LogP contribution in [0, 0.1) is 11.6 Å². The van der Waals surface area contributed by atoms with E-state index in [4.69, 9.17) is 4.74 Å². The van der Waals surface area contributed by atoms with Gasteiger partial charge in [0.1, 0.15) is 12.5 Å². The van der Waals surface area contributed by atoms with Gasteiger partial charge in [0.05, 0.1) is 17.8 Å². The third-order valence-electron chi connectivity index (χ3n) is 4.40. The van der Waals surface area contributed by atoms with Crippen LogP contribution in [0.2, 0.25) is 0 Å². The van der Waals surface area contributed by atoms with E-state index in [2.05, 4.69) is 5.32 Å². The zero-order valence-electron chi connectivity index (χ0n) is 13.7. The summed E-state index contributed by atoms with van der Waals surface area (Å²) in [5.74, 6) is -2.93. The van der Waals surface area contributed by atoms with E-state index in [-0.39, 0.29) is 42.3 Å². The van der Waals surface area contributed by atoms with Gasteiger partial charge < -0.3 is 9.64 Å². The molecule has 1 fully saturated rings. The lowest BCUT2D eigenvalue weighted by Crippen LogP contribution is -2.39. The van der Waals surface area contributed by atoms with Gasteiger partial charge in [-0.05, 0) is 19.3 Å². The summed E-state index contributed by atoms with van der Waals surface area (Å²) in [6, 6.07) is 0.978. The fraction of sp³-hybridized carbons (Fsp3) is 0.471. The number of ketones is 1. The molecule has 1 N–H and O–H groups in total. The van der Waals surface area contributed by atoms with Crippen molar-refractivity contribution in [3.63, 3.8) is 0 Å². The number of amides is 2. The van der Waals surface area contributed by atoms with Gasteiger partial charge in [-0.15, -0.1) is 0 Å². The molecular weight excluding hydrogens is 334 g/mol. The highest BCUT2D eigenvalue weighted by molar-refractivity contribution is 5.99. The van der Waals surface area contributed by atoms with Gasteiger partial charge in [-0.2, -0.15) is 0 Å². The molecule has 0 bridgehead atoms. The number of benzene rings is 1. The summed E-state index contributed by atoms with van der Waals surface area (Å²) in [7, 11) is 0. The first-order valence-corrected chi connectivity index (χ1v) is 8.10. The standard InChI is InChI=1S/C17H18F2N2O4/c1-9(22)20-17(24)14-7-21(8-25-14)12-6-11(18)15-10(16(12)19)4-2-3-5-13(15)23/h6,14H,2-5,7-8H2,1H3,(H,20,22,24)/t14-/m0/s1. The second-order valence-corrected chi connectivity index (χ2v) is 6.23. The average molecular weight is 352 g/mol. The maximum Gasteiger partial charge on any atom is 0.257 e. The second-order valence-electron chi connectivity index (χ2n) is 6.23. The van der Waals surface area contributed by atoms with E-state index < -0.39 is 29.6 Å². The fourth-order valence-electron chi connectivity index (χ4n) is 3.21. The van der Waals surface area contributed by atoms with Crippen LogP contribution in [0.5, 0.6) is 0 Å². The van der Waals surface area contributed by atoms with Crippen LogP contribution in [0.15, 0.2) is 6.07 Å². The van der Waals surface area contributed by atoms with Gasteiger partial charge in [0.25, 0.3) is 5.91 Å². The number of nitrogens with one attached hydrogen (secondary N) is 1. The minimum Gasteiger partial charge on any atom is -0.346 e. The summed E-state index contributed by atoms with van der Waals surface area (Å²) in [4.78, 5) is 36.2. The maximum atomic E-state index is 14.9. The second kappa shape index (κ2) is 6.87. The Kier molecular flexibility index (Phi) is 4.80. The maximum absolute atomic E-state index is 14.9. The van der Waals surface area contributed by atoms with Crippen LogP contribution in [-0.4, -0.2) is 37.0 Å². The summed E-state index contributed by atoms with van der Waals surface area (Å²) < 4.78 is 34.6. The van der Waals surface area contributed by atoms with Gasteiger partial charge in [-0.1, -0.05) is 0 Å². The molecule has 0 saturated carbocycles. The highest BCUT2D eigenvalue weighted by Crippen LogP contribution is 2.33. The highest BCUT2D eigenvalue weighted by Gasteiger charge is 2.33. The van der Waals surface area contributed by atoms with Crippen molar-refractivity contribution in [2.24, 2.45) is 0 Å². The van der Waals surface area contributed by atoms with Gasteiger partial charge in [-0.25, -0.2) is 8.78 Å². The molecule has 0 spiro atoms. The van der Waals surface area contributed by atoms with Crippen molar-refractivity contribution in [1.29, 1.82) is 0 Å². The molecule has 0 aromatic heterocycles. The van der Waals surface area contributed by atoms with Crippen LogP contribution < -0.4 is 10.2 Å². The first-order chi connectivity index (χ1) is 11.9. The topological polar surface area (TPSA) is 75.7 Å². The summed E-state index contributed by atoms with van der Waals surface area (Å²) in [6.45, 7) is 1.07. The van der Waals surface area contributed by atoms with E-state index >= 15 is 0 Å². The summed E-state index contributed by atoms with van der Waals surface area (Å²) in [5.41, 5.74) is -0.108. The average Bonchev–Trinajstić information content (AvgIpc) is 2.94. The quantitative estimate of drug-likeness (QED) is 0.820. The molecule has 1 aromatic carbocycles. The number of fused-ring (bicyclic) bond motifs is 1. The number of hydrogen-bond donors (Lipinski definition) is 1. The van der Waals surface area contributed by atoms with E-state index in [1.807, 2.05) is 0 Å². The van der Waals surface area contributed by atoms with Gasteiger partial charge in [0.2, 0.25) is 5.91 Å². The van der Waals surface area contributed by atoms with E-state index in [0.29, 0.717) is 19.3 Å². The van der Waals surface area contributed by atoms with E-state index in [1.165, 1.54) is 11.8 Å². The highest BCUT2D eigenvalue weighted by atomic mass is 19.1. The lowest BCUT2D eigenvalue weighted by Gasteiger charge is -2.20. The molecule has 1 aliphatic heterocycles. The number of carbonyl (C=O) groups excluding carboxylic acids is 3. The summed E-state index contributed by atoms with van der Waals surface area (Å²) in [5, 5.41) is 2.10. The Morgan fingerprint density at radius 1 is 1.28 bits per heavy atom. The largest absolute Gasteiger partial charge is 0.346 e. The number of imide groups is 1. The van der Waals surface area contributed by atoms with Crippen molar-refractivity contribution in [1.82, 2.24) is 5.32 Å². The molecule has 2 aliphatic rings. The first kappa shape index (κ1) is 17.5. The number of anilines is 1. The van der Waals surface area contributed by atoms with E-state index in [0.717, 1.165) is 6.07 Å². The number of hydrogen-bond acceptors (Lipinski definition) is 5. The van der Waals surface area contributed by atoms with Crippen LogP contribution in [0.1, 0.15) is 42.1 Å². The normalized spacial score (nSPS) is 20.2. The molecule has 1 aromatic rings. The Bertz CT molecular complexity index is 751. The third kappa shape index (κ3) is 3.39. The Morgan fingerprint density at radius 2 is 2.00 bits per heavy atom. The minimum atomic E-state index is -0.952. The predicted molar refractivity (Wildman–Crippen MR) is 84.2 cm³/mol. The van der Waals surface area contributed by atoms with Crippen molar-refractivity contribution in [3.8, 4) is 0 Å². The van der Waals surface area contributed by atoms with Gasteiger partial charge in [0.15, 0.2) is 17.7 Å². The fourth-order valence-corrected chi connectivity index (χ4v) is 3.21. The zero-order chi connectivity index (χ0) is 18.1. The molecular formula is C17H18F2N2O4. The molecule has 1 heterocycles. The van der Waals surface area contributed by atoms with Crippen LogP contribution in [0.25, 0.3) is 0 Å². The molecule has 1 aliphatic carbocycles. The molecule has 8 heteroatoms. The Labute approximate surface area is 143 Å². The molecule has 0 unspecified atom stereocenters. The molecule has 134 valence electrons. The van der Waals surface area contributed by atoms with Crippen molar-refractivity contribution < 1.29 is 27.9 Å². The lowest BCUT2D eigenvalue weighted by molar-refractivity contribution is -0.135. The smallest absolute Gasteiger partial charge is 0.257 e. The Hall–Kier alpha value is -2.35.